The Bertz CT molecular complexity index is 720. The predicted octanol–water partition coefficient (Wildman–Crippen LogP) is 3.95. The summed E-state index contributed by atoms with van der Waals surface area (Å²) in [6.45, 7) is 5.42. The first-order valence-corrected chi connectivity index (χ1v) is 8.19. The Labute approximate surface area is 139 Å². The van der Waals surface area contributed by atoms with E-state index in [1.807, 2.05) is 48.9 Å². The number of ether oxygens (including phenoxy) is 1. The lowest BCUT2D eigenvalue weighted by atomic mass is 10.1. The van der Waals surface area contributed by atoms with E-state index >= 15 is 0 Å². The molecular weight excluding hydrogens is 310 g/mol. The summed E-state index contributed by atoms with van der Waals surface area (Å²) in [4.78, 5) is 23.9. The van der Waals surface area contributed by atoms with Crippen LogP contribution < -0.4 is 5.32 Å². The third-order valence-corrected chi connectivity index (χ3v) is 3.97. The minimum Gasteiger partial charge on any atom is -0.449 e. The number of hydrogen-bond acceptors (Lipinski definition) is 4. The van der Waals surface area contributed by atoms with Crippen LogP contribution in [0.1, 0.15) is 23.6 Å². The molecule has 0 saturated carbocycles. The molecule has 5 heteroatoms. The Hall–Kier alpha value is -2.40. The van der Waals surface area contributed by atoms with Crippen molar-refractivity contribution in [1.82, 2.24) is 0 Å². The molecule has 1 atom stereocenters. The first-order chi connectivity index (χ1) is 11.0. The monoisotopic (exact) mass is 329 g/mol. The van der Waals surface area contributed by atoms with Gasteiger partial charge in [-0.1, -0.05) is 12.1 Å². The van der Waals surface area contributed by atoms with Crippen LogP contribution in [-0.2, 0) is 14.3 Å². The Balaban J connectivity index is 1.92. The second kappa shape index (κ2) is 7.74. The number of benzene rings is 1. The van der Waals surface area contributed by atoms with Gasteiger partial charge in [0.15, 0.2) is 6.10 Å². The topological polar surface area (TPSA) is 55.4 Å². The van der Waals surface area contributed by atoms with Gasteiger partial charge >= 0.3 is 5.97 Å². The van der Waals surface area contributed by atoms with Crippen molar-refractivity contribution in [2.75, 3.05) is 5.32 Å². The molecule has 120 valence electrons. The van der Waals surface area contributed by atoms with Crippen molar-refractivity contribution in [2.45, 2.75) is 26.9 Å². The van der Waals surface area contributed by atoms with Crippen LogP contribution in [0.2, 0.25) is 0 Å². The van der Waals surface area contributed by atoms with Gasteiger partial charge in [-0.05, 0) is 66.4 Å². The summed E-state index contributed by atoms with van der Waals surface area (Å²) >= 11 is 1.55. The number of esters is 1. The molecule has 1 aromatic heterocycles. The summed E-state index contributed by atoms with van der Waals surface area (Å²) in [5, 5.41) is 6.63. The fourth-order valence-electron chi connectivity index (χ4n) is 1.91. The van der Waals surface area contributed by atoms with Crippen molar-refractivity contribution in [3.63, 3.8) is 0 Å². The predicted molar refractivity (Wildman–Crippen MR) is 93.5 cm³/mol. The van der Waals surface area contributed by atoms with Crippen molar-refractivity contribution >= 4 is 35.0 Å². The lowest BCUT2D eigenvalue weighted by Gasteiger charge is -2.14. The molecule has 0 unspecified atom stereocenters. The Morgan fingerprint density at radius 2 is 2.04 bits per heavy atom. The molecule has 0 spiro atoms. The van der Waals surface area contributed by atoms with Gasteiger partial charge in [-0.2, -0.15) is 11.3 Å². The Kier molecular flexibility index (Phi) is 5.71. The molecular formula is C18H19NO3S. The Morgan fingerprint density at radius 1 is 1.26 bits per heavy atom. The van der Waals surface area contributed by atoms with Crippen LogP contribution in [0.25, 0.3) is 6.08 Å². The molecule has 0 aliphatic rings. The van der Waals surface area contributed by atoms with Gasteiger partial charge in [0, 0.05) is 11.8 Å². The normalized spacial score (nSPS) is 12.1. The van der Waals surface area contributed by atoms with Crippen molar-refractivity contribution in [2.24, 2.45) is 0 Å². The van der Waals surface area contributed by atoms with E-state index in [4.69, 9.17) is 4.74 Å². The summed E-state index contributed by atoms with van der Waals surface area (Å²) in [5.41, 5.74) is 3.67. The lowest BCUT2D eigenvalue weighted by molar-refractivity contribution is -0.148. The van der Waals surface area contributed by atoms with Crippen molar-refractivity contribution in [1.29, 1.82) is 0 Å². The number of rotatable bonds is 5. The largest absolute Gasteiger partial charge is 0.449 e. The van der Waals surface area contributed by atoms with Crippen LogP contribution in [-0.4, -0.2) is 18.0 Å². The first-order valence-electron chi connectivity index (χ1n) is 7.24. The van der Waals surface area contributed by atoms with Crippen LogP contribution in [0, 0.1) is 13.8 Å². The fourth-order valence-corrected chi connectivity index (χ4v) is 2.53. The van der Waals surface area contributed by atoms with Gasteiger partial charge in [-0.3, -0.25) is 4.79 Å². The van der Waals surface area contributed by atoms with Crippen molar-refractivity contribution in [3.8, 4) is 0 Å². The molecule has 0 radical (unpaired) electrons. The molecule has 0 bridgehead atoms. The smallest absolute Gasteiger partial charge is 0.331 e. The summed E-state index contributed by atoms with van der Waals surface area (Å²) < 4.78 is 5.12. The van der Waals surface area contributed by atoms with E-state index in [0.717, 1.165) is 22.4 Å². The van der Waals surface area contributed by atoms with Crippen LogP contribution >= 0.6 is 11.3 Å². The summed E-state index contributed by atoms with van der Waals surface area (Å²) in [6.07, 6.45) is 2.12. The average molecular weight is 329 g/mol. The van der Waals surface area contributed by atoms with Crippen molar-refractivity contribution < 1.29 is 14.3 Å². The van der Waals surface area contributed by atoms with E-state index in [9.17, 15) is 9.59 Å². The summed E-state index contributed by atoms with van der Waals surface area (Å²) in [7, 11) is 0. The number of nitrogens with one attached hydrogen (secondary N) is 1. The first kappa shape index (κ1) is 17.0. The third kappa shape index (κ3) is 5.07. The van der Waals surface area contributed by atoms with Gasteiger partial charge in [0.1, 0.15) is 0 Å². The maximum atomic E-state index is 12.1. The highest BCUT2D eigenvalue weighted by Gasteiger charge is 2.17. The van der Waals surface area contributed by atoms with Gasteiger partial charge in [0.25, 0.3) is 5.91 Å². The molecule has 1 heterocycles. The maximum Gasteiger partial charge on any atom is 0.331 e. The number of thiophene rings is 1. The molecule has 23 heavy (non-hydrogen) atoms. The van der Waals surface area contributed by atoms with E-state index in [1.165, 1.54) is 6.08 Å². The maximum absolute atomic E-state index is 12.1. The zero-order chi connectivity index (χ0) is 16.8. The van der Waals surface area contributed by atoms with E-state index in [1.54, 1.807) is 24.3 Å². The highest BCUT2D eigenvalue weighted by atomic mass is 32.1. The van der Waals surface area contributed by atoms with Crippen molar-refractivity contribution in [3.05, 3.63) is 57.8 Å². The standard InChI is InChI=1S/C18H19NO3S/c1-12-4-5-13(2)16(10-12)19-18(21)14(3)22-17(20)7-6-15-8-9-23-11-15/h4-11,14H,1-3H3,(H,19,21)/b7-6+/t14-/m1/s1. The molecule has 4 nitrogen and oxygen atoms in total. The van der Waals surface area contributed by atoms with Gasteiger partial charge < -0.3 is 10.1 Å². The number of carbonyl (C=O) groups is 2. The fraction of sp³-hybridized carbons (Fsp3) is 0.222. The number of aryl methyl sites for hydroxylation is 2. The van der Waals surface area contributed by atoms with E-state index < -0.39 is 12.1 Å². The minimum absolute atomic E-state index is 0.351. The lowest BCUT2D eigenvalue weighted by Crippen LogP contribution is -2.29. The quantitative estimate of drug-likeness (QED) is 0.667. The molecule has 2 rings (SSSR count). The molecule has 1 aromatic carbocycles. The highest BCUT2D eigenvalue weighted by molar-refractivity contribution is 7.08. The van der Waals surface area contributed by atoms with Crippen LogP contribution in [0.4, 0.5) is 5.69 Å². The molecule has 2 aromatic rings. The van der Waals surface area contributed by atoms with Gasteiger partial charge in [0.05, 0.1) is 0 Å². The molecule has 1 amide bonds. The third-order valence-electron chi connectivity index (χ3n) is 3.27. The number of hydrogen-bond donors (Lipinski definition) is 1. The van der Waals surface area contributed by atoms with Crippen LogP contribution in [0.3, 0.4) is 0 Å². The van der Waals surface area contributed by atoms with Gasteiger partial charge in [-0.25, -0.2) is 4.79 Å². The number of carbonyl (C=O) groups excluding carboxylic acids is 2. The zero-order valence-corrected chi connectivity index (χ0v) is 14.1. The molecule has 0 fully saturated rings. The SMILES string of the molecule is Cc1ccc(C)c(NC(=O)[C@@H](C)OC(=O)/C=C/c2ccsc2)c1. The molecule has 1 N–H and O–H groups in total. The molecule has 0 saturated heterocycles. The van der Waals surface area contributed by atoms with Gasteiger partial charge in [0.2, 0.25) is 0 Å². The number of anilines is 1. The zero-order valence-electron chi connectivity index (χ0n) is 13.3. The van der Waals surface area contributed by atoms with E-state index in [2.05, 4.69) is 5.32 Å². The van der Waals surface area contributed by atoms with Gasteiger partial charge in [-0.15, -0.1) is 0 Å². The van der Waals surface area contributed by atoms with Crippen LogP contribution in [0.15, 0.2) is 41.1 Å². The minimum atomic E-state index is -0.866. The van der Waals surface area contributed by atoms with E-state index in [0.29, 0.717) is 0 Å². The van der Waals surface area contributed by atoms with Crippen LogP contribution in [0.5, 0.6) is 0 Å². The number of amides is 1. The molecule has 0 aliphatic carbocycles. The Morgan fingerprint density at radius 3 is 2.74 bits per heavy atom. The van der Waals surface area contributed by atoms with E-state index in [-0.39, 0.29) is 5.91 Å². The summed E-state index contributed by atoms with van der Waals surface area (Å²) in [5.74, 6) is -0.893. The second-order valence-corrected chi connectivity index (χ2v) is 6.06. The average Bonchev–Trinajstić information content (AvgIpc) is 3.02. The second-order valence-electron chi connectivity index (χ2n) is 5.28. The highest BCUT2D eigenvalue weighted by Crippen LogP contribution is 2.17. The molecule has 0 aliphatic heterocycles. The summed E-state index contributed by atoms with van der Waals surface area (Å²) in [6, 6.07) is 7.69.